The van der Waals surface area contributed by atoms with E-state index in [0.717, 1.165) is 22.9 Å². The molecule has 2 aliphatic heterocycles. The predicted molar refractivity (Wildman–Crippen MR) is 281 cm³/mol. The fourth-order valence-corrected chi connectivity index (χ4v) is 7.85. The Morgan fingerprint density at radius 3 is 1.27 bits per heavy atom. The third kappa shape index (κ3) is 16.7. The Morgan fingerprint density at radius 1 is 0.463 bits per heavy atom. The zero-order valence-corrected chi connectivity index (χ0v) is 43.1. The summed E-state index contributed by atoms with van der Waals surface area (Å²) >= 11 is 0. The SMILES string of the molecule is C=CC(=O)OCCCCOC(=O)Oc1ccc2cc(C(=O)OC)ccc2c1.C=CC(=O)OCCCCOC(=O)Oc1ccc2cc(C(=O)Oc3ccc(C(=O)O[C@@H]4COC5C4OC[C@H]5OC(=O)c4ccc(O)cc4)cc3)ccc2c1. The zero-order chi connectivity index (χ0) is 57.0. The molecule has 4 atom stereocenters. The Kier molecular flexibility index (Phi) is 20.8. The number of benzene rings is 6. The fraction of sp³-hybridized carbons (Fsp3) is 0.254. The molecule has 2 aliphatic rings. The highest BCUT2D eigenvalue weighted by atomic mass is 16.7. The number of fused-ring (bicyclic) bond motifs is 3. The molecule has 0 aromatic heterocycles. The van der Waals surface area contributed by atoms with Gasteiger partial charge in [-0.15, -0.1) is 0 Å². The molecule has 0 amide bonds. The minimum absolute atomic E-state index is 0.0236. The zero-order valence-electron chi connectivity index (χ0n) is 43.1. The number of esters is 6. The van der Waals surface area contributed by atoms with Crippen LogP contribution in [0, 0.1) is 0 Å². The minimum Gasteiger partial charge on any atom is -0.508 e. The smallest absolute Gasteiger partial charge is 0.508 e. The first-order valence-electron chi connectivity index (χ1n) is 24.9. The Morgan fingerprint density at radius 2 is 0.838 bits per heavy atom. The van der Waals surface area contributed by atoms with Gasteiger partial charge in [-0.2, -0.15) is 0 Å². The molecule has 0 spiro atoms. The lowest BCUT2D eigenvalue weighted by Gasteiger charge is -2.17. The fourth-order valence-electron chi connectivity index (χ4n) is 7.85. The molecule has 0 bridgehead atoms. The van der Waals surface area contributed by atoms with Gasteiger partial charge >= 0.3 is 48.1 Å². The number of carbonyl (C=O) groups excluding carboxylic acids is 8. The number of methoxy groups -OCH3 is 1. The number of unbranched alkanes of at least 4 members (excludes halogenated alkanes) is 2. The van der Waals surface area contributed by atoms with Crippen LogP contribution >= 0.6 is 0 Å². The van der Waals surface area contributed by atoms with Crippen molar-refractivity contribution in [3.05, 3.63) is 169 Å². The molecule has 1 N–H and O–H groups in total. The van der Waals surface area contributed by atoms with Crippen molar-refractivity contribution in [2.45, 2.75) is 50.1 Å². The second kappa shape index (κ2) is 28.7. The van der Waals surface area contributed by atoms with Gasteiger partial charge in [0.15, 0.2) is 12.2 Å². The van der Waals surface area contributed by atoms with Gasteiger partial charge < -0.3 is 61.9 Å². The van der Waals surface area contributed by atoms with Crippen LogP contribution in [-0.2, 0) is 52.2 Å². The maximum Gasteiger partial charge on any atom is 0.513 e. The Hall–Kier alpha value is -9.60. The molecule has 2 saturated heterocycles. The van der Waals surface area contributed by atoms with E-state index in [4.69, 9.17) is 52.1 Å². The molecular weight excluding hydrogens is 1040 g/mol. The summed E-state index contributed by atoms with van der Waals surface area (Å²) in [7, 11) is 1.32. The van der Waals surface area contributed by atoms with E-state index in [2.05, 4.69) is 17.9 Å². The highest BCUT2D eigenvalue weighted by molar-refractivity contribution is 5.98. The monoisotopic (exact) mass is 1100 g/mol. The van der Waals surface area contributed by atoms with Crippen LogP contribution in [0.15, 0.2) is 147 Å². The molecule has 2 heterocycles. The van der Waals surface area contributed by atoms with Gasteiger partial charge in [0.2, 0.25) is 0 Å². The van der Waals surface area contributed by atoms with Crippen LogP contribution in [0.25, 0.3) is 21.5 Å². The second-order valence-electron chi connectivity index (χ2n) is 17.4. The summed E-state index contributed by atoms with van der Waals surface area (Å²) in [6.07, 6.45) is -0.115. The van der Waals surface area contributed by atoms with Gasteiger partial charge in [0, 0.05) is 12.2 Å². The average molecular weight is 1100 g/mol. The molecule has 6 aromatic carbocycles. The van der Waals surface area contributed by atoms with E-state index < -0.39 is 72.5 Å². The quantitative estimate of drug-likeness (QED) is 0.0176. The first kappa shape index (κ1) is 58.1. The van der Waals surface area contributed by atoms with Crippen molar-refractivity contribution < 1.29 is 100 Å². The first-order chi connectivity index (χ1) is 38.7. The van der Waals surface area contributed by atoms with Crippen LogP contribution in [0.5, 0.6) is 23.0 Å². The number of hydrogen-bond donors (Lipinski definition) is 1. The number of phenols is 1. The standard InChI is InChI=1S/C39H34O14.C20H20O7/c1-2-33(41)46-17-3-4-18-47-39(45)51-30-16-11-25-19-27(6-5-26(25)20-30)38(44)50-29-14-9-24(10-15-29)37(43)53-32-22-49-34-31(21-48-35(32)34)52-36(42)23-7-12-28(40)13-8-23;1-3-18(21)25-10-4-5-11-26-20(23)27-17-9-8-14-12-16(19(22)24-2)7-6-15(14)13-17/h2,5-16,19-20,31-32,34-35,40H,1,3-4,17-18,21-22H2;3,6-9,12-13H,1,4-5,10-11H2,2H3/t31-,32-,34?,35?;/m1./s1. The number of carbonyl (C=O) groups is 8. The van der Waals surface area contributed by atoms with E-state index in [1.807, 2.05) is 0 Å². The maximum absolute atomic E-state index is 12.9. The van der Waals surface area contributed by atoms with Gasteiger partial charge in [0.25, 0.3) is 0 Å². The second-order valence-corrected chi connectivity index (χ2v) is 17.4. The number of hydrogen-bond acceptors (Lipinski definition) is 21. The summed E-state index contributed by atoms with van der Waals surface area (Å²) in [5.41, 5.74) is 1.18. The van der Waals surface area contributed by atoms with E-state index >= 15 is 0 Å². The molecule has 2 unspecified atom stereocenters. The molecule has 21 heteroatoms. The summed E-state index contributed by atoms with van der Waals surface area (Å²) in [6, 6.07) is 31.3. The third-order valence-electron chi connectivity index (χ3n) is 11.9. The first-order valence-corrected chi connectivity index (χ1v) is 24.9. The van der Waals surface area contributed by atoms with Crippen molar-refractivity contribution >= 4 is 69.7 Å². The summed E-state index contributed by atoms with van der Waals surface area (Å²) in [5.74, 6) is -2.46. The van der Waals surface area contributed by atoms with Crippen molar-refractivity contribution in [2.75, 3.05) is 46.8 Å². The molecule has 80 heavy (non-hydrogen) atoms. The maximum atomic E-state index is 12.9. The van der Waals surface area contributed by atoms with Crippen LogP contribution in [0.3, 0.4) is 0 Å². The Bertz CT molecular complexity index is 3220. The molecular formula is C59H54O21. The lowest BCUT2D eigenvalue weighted by molar-refractivity contribution is -0.138. The van der Waals surface area contributed by atoms with Gasteiger partial charge in [0.1, 0.15) is 35.2 Å². The van der Waals surface area contributed by atoms with Crippen LogP contribution in [0.1, 0.15) is 67.1 Å². The highest BCUT2D eigenvalue weighted by Gasteiger charge is 2.51. The molecule has 6 aromatic rings. The van der Waals surface area contributed by atoms with E-state index in [1.165, 1.54) is 55.6 Å². The average Bonchev–Trinajstić information content (AvgIpc) is 4.10. The van der Waals surface area contributed by atoms with Crippen LogP contribution in [-0.4, -0.2) is 124 Å². The van der Waals surface area contributed by atoms with Crippen molar-refractivity contribution in [1.29, 1.82) is 0 Å². The summed E-state index contributed by atoms with van der Waals surface area (Å²) in [6.45, 7) is 7.40. The van der Waals surface area contributed by atoms with E-state index in [1.54, 1.807) is 72.8 Å². The molecule has 8 rings (SSSR count). The van der Waals surface area contributed by atoms with Crippen molar-refractivity contribution in [3.8, 4) is 23.0 Å². The van der Waals surface area contributed by atoms with E-state index in [9.17, 15) is 43.5 Å². The van der Waals surface area contributed by atoms with Gasteiger partial charge in [-0.05, 0) is 144 Å². The van der Waals surface area contributed by atoms with Crippen LogP contribution < -0.4 is 14.2 Å². The number of rotatable bonds is 21. The lowest BCUT2D eigenvalue weighted by Crippen LogP contribution is -2.36. The summed E-state index contributed by atoms with van der Waals surface area (Å²) in [4.78, 5) is 95.6. The van der Waals surface area contributed by atoms with Gasteiger partial charge in [-0.25, -0.2) is 38.4 Å². The van der Waals surface area contributed by atoms with E-state index in [0.29, 0.717) is 47.8 Å². The van der Waals surface area contributed by atoms with Gasteiger partial charge in [0.05, 0.1) is 69.0 Å². The van der Waals surface area contributed by atoms with Crippen molar-refractivity contribution in [3.63, 3.8) is 0 Å². The predicted octanol–water partition coefficient (Wildman–Crippen LogP) is 8.99. The van der Waals surface area contributed by atoms with Gasteiger partial charge in [-0.1, -0.05) is 37.4 Å². The Balaban J connectivity index is 0.000000288. The number of ether oxygens (including phenoxy) is 12. The van der Waals surface area contributed by atoms with Crippen molar-refractivity contribution in [2.24, 2.45) is 0 Å². The van der Waals surface area contributed by atoms with Crippen LogP contribution in [0.4, 0.5) is 9.59 Å². The molecule has 21 nitrogen and oxygen atoms in total. The normalized spacial score (nSPS) is 15.8. The van der Waals surface area contributed by atoms with E-state index in [-0.39, 0.29) is 73.6 Å². The lowest BCUT2D eigenvalue weighted by atomic mass is 10.1. The largest absolute Gasteiger partial charge is 0.513 e. The number of aromatic hydroxyl groups is 1. The molecule has 0 aliphatic carbocycles. The van der Waals surface area contributed by atoms with Crippen LogP contribution in [0.2, 0.25) is 0 Å². The summed E-state index contributed by atoms with van der Waals surface area (Å²) in [5, 5.41) is 12.4. The van der Waals surface area contributed by atoms with Gasteiger partial charge in [-0.3, -0.25) is 0 Å². The highest BCUT2D eigenvalue weighted by Crippen LogP contribution is 2.32. The molecule has 2 fully saturated rings. The summed E-state index contributed by atoms with van der Waals surface area (Å²) < 4.78 is 63.0. The topological polar surface area (TPSA) is 268 Å². The molecule has 416 valence electrons. The van der Waals surface area contributed by atoms with Crippen molar-refractivity contribution in [1.82, 2.24) is 0 Å². The number of phenolic OH excluding ortho intramolecular Hbond substituents is 1. The molecule has 0 radical (unpaired) electrons. The Labute approximate surface area is 457 Å². The molecule has 0 saturated carbocycles. The third-order valence-corrected chi connectivity index (χ3v) is 11.9. The minimum atomic E-state index is -0.878.